The van der Waals surface area contributed by atoms with E-state index in [1.807, 2.05) is 11.8 Å². The third-order valence-corrected chi connectivity index (χ3v) is 4.27. The maximum atomic E-state index is 11.7. The van der Waals surface area contributed by atoms with Crippen LogP contribution in [0.25, 0.3) is 0 Å². The molecule has 2 aliphatic rings. The molecule has 0 radical (unpaired) electrons. The van der Waals surface area contributed by atoms with Gasteiger partial charge < -0.3 is 10.6 Å². The topological polar surface area (TPSA) is 41.1 Å². The molecule has 1 amide bonds. The Bertz CT molecular complexity index is 216. The first kappa shape index (κ1) is 14.1. The van der Waals surface area contributed by atoms with Gasteiger partial charge in [0.25, 0.3) is 0 Å². The summed E-state index contributed by atoms with van der Waals surface area (Å²) in [5.41, 5.74) is 0. The second kappa shape index (κ2) is 7.41. The fraction of sp³-hybridized carbons (Fsp3) is 0.909. The van der Waals surface area contributed by atoms with E-state index in [2.05, 4.69) is 10.6 Å². The van der Waals surface area contributed by atoms with Crippen molar-refractivity contribution in [2.75, 3.05) is 24.6 Å². The molecule has 2 heterocycles. The first-order valence-corrected chi connectivity index (χ1v) is 7.08. The highest BCUT2D eigenvalue weighted by atomic mass is 35.5. The first-order valence-electron chi connectivity index (χ1n) is 5.92. The molecule has 2 aliphatic heterocycles. The molecule has 94 valence electrons. The average molecular weight is 265 g/mol. The van der Waals surface area contributed by atoms with Gasteiger partial charge in [-0.3, -0.25) is 4.79 Å². The molecule has 0 saturated carbocycles. The van der Waals surface area contributed by atoms with Gasteiger partial charge in [-0.25, -0.2) is 0 Å². The van der Waals surface area contributed by atoms with Gasteiger partial charge in [0.05, 0.1) is 0 Å². The summed E-state index contributed by atoms with van der Waals surface area (Å²) in [7, 11) is 0. The molecule has 0 bridgehead atoms. The highest BCUT2D eigenvalue weighted by molar-refractivity contribution is 7.99. The molecule has 2 N–H and O–H groups in total. The monoisotopic (exact) mass is 264 g/mol. The Morgan fingerprint density at radius 3 is 2.69 bits per heavy atom. The molecule has 16 heavy (non-hydrogen) atoms. The Morgan fingerprint density at radius 1 is 1.31 bits per heavy atom. The second-order valence-corrected chi connectivity index (χ2v) is 5.74. The zero-order valence-corrected chi connectivity index (χ0v) is 11.2. The number of carbonyl (C=O) groups excluding carboxylic acids is 1. The van der Waals surface area contributed by atoms with E-state index < -0.39 is 0 Å². The lowest BCUT2D eigenvalue weighted by Crippen LogP contribution is -2.38. The van der Waals surface area contributed by atoms with Gasteiger partial charge in [-0.05, 0) is 49.8 Å². The summed E-state index contributed by atoms with van der Waals surface area (Å²) in [5.74, 6) is 3.25. The van der Waals surface area contributed by atoms with E-state index in [1.165, 1.54) is 11.5 Å². The summed E-state index contributed by atoms with van der Waals surface area (Å²) in [6, 6.07) is 0.452. The third kappa shape index (κ3) is 4.52. The normalized spacial score (nSPS) is 26.1. The van der Waals surface area contributed by atoms with Crippen molar-refractivity contribution in [3.63, 3.8) is 0 Å². The van der Waals surface area contributed by atoms with Crippen LogP contribution in [0.15, 0.2) is 0 Å². The second-order valence-electron chi connectivity index (χ2n) is 4.52. The SMILES string of the molecule is Cl.O=C(CC1CCNC1)NC1CCSCC1. The first-order chi connectivity index (χ1) is 7.34. The van der Waals surface area contributed by atoms with Crippen LogP contribution in [-0.4, -0.2) is 36.5 Å². The van der Waals surface area contributed by atoms with Crippen molar-refractivity contribution in [3.05, 3.63) is 0 Å². The lowest BCUT2D eigenvalue weighted by atomic mass is 10.0. The van der Waals surface area contributed by atoms with Crippen molar-refractivity contribution < 1.29 is 4.79 Å². The fourth-order valence-corrected chi connectivity index (χ4v) is 3.39. The Morgan fingerprint density at radius 2 is 2.06 bits per heavy atom. The van der Waals surface area contributed by atoms with E-state index in [1.54, 1.807) is 0 Å². The van der Waals surface area contributed by atoms with E-state index in [4.69, 9.17) is 0 Å². The molecule has 2 rings (SSSR count). The fourth-order valence-electron chi connectivity index (χ4n) is 2.28. The van der Waals surface area contributed by atoms with Gasteiger partial charge >= 0.3 is 0 Å². The van der Waals surface area contributed by atoms with Crippen molar-refractivity contribution in [1.82, 2.24) is 10.6 Å². The number of rotatable bonds is 3. The van der Waals surface area contributed by atoms with E-state index in [0.29, 0.717) is 12.0 Å². The quantitative estimate of drug-likeness (QED) is 0.810. The highest BCUT2D eigenvalue weighted by Gasteiger charge is 2.20. The summed E-state index contributed by atoms with van der Waals surface area (Å²) >= 11 is 2.00. The Kier molecular flexibility index (Phi) is 6.54. The van der Waals surface area contributed by atoms with Crippen LogP contribution in [0.5, 0.6) is 0 Å². The molecule has 0 aromatic rings. The van der Waals surface area contributed by atoms with Crippen molar-refractivity contribution >= 4 is 30.1 Å². The smallest absolute Gasteiger partial charge is 0.220 e. The summed E-state index contributed by atoms with van der Waals surface area (Å²) < 4.78 is 0. The molecule has 0 aromatic carbocycles. The minimum absolute atomic E-state index is 0. The predicted molar refractivity (Wildman–Crippen MR) is 71.3 cm³/mol. The minimum atomic E-state index is 0. The molecule has 3 nitrogen and oxygen atoms in total. The van der Waals surface area contributed by atoms with Crippen molar-refractivity contribution in [3.8, 4) is 0 Å². The van der Waals surface area contributed by atoms with Gasteiger partial charge in [0.1, 0.15) is 0 Å². The van der Waals surface area contributed by atoms with E-state index in [0.717, 1.165) is 38.8 Å². The van der Waals surface area contributed by atoms with Gasteiger partial charge in [-0.1, -0.05) is 0 Å². The van der Waals surface area contributed by atoms with Crippen LogP contribution < -0.4 is 10.6 Å². The molecule has 1 atom stereocenters. The van der Waals surface area contributed by atoms with Crippen molar-refractivity contribution in [2.45, 2.75) is 31.7 Å². The summed E-state index contributed by atoms with van der Waals surface area (Å²) in [6.07, 6.45) is 4.18. The molecular formula is C11H21ClN2OS. The van der Waals surface area contributed by atoms with Crippen LogP contribution >= 0.6 is 24.2 Å². The molecule has 2 saturated heterocycles. The zero-order valence-electron chi connectivity index (χ0n) is 9.54. The molecule has 5 heteroatoms. The number of nitrogens with one attached hydrogen (secondary N) is 2. The Balaban J connectivity index is 0.00000128. The average Bonchev–Trinajstić information content (AvgIpc) is 2.71. The standard InChI is InChI=1S/C11H20N2OS.ClH/c14-11(7-9-1-4-12-8-9)13-10-2-5-15-6-3-10;/h9-10,12H,1-8H2,(H,13,14);1H. The Labute approximate surface area is 108 Å². The number of hydrogen-bond donors (Lipinski definition) is 2. The van der Waals surface area contributed by atoms with Crippen LogP contribution in [0.1, 0.15) is 25.7 Å². The van der Waals surface area contributed by atoms with Crippen LogP contribution in [0.2, 0.25) is 0 Å². The van der Waals surface area contributed by atoms with Gasteiger partial charge in [-0.15, -0.1) is 12.4 Å². The molecule has 2 fully saturated rings. The lowest BCUT2D eigenvalue weighted by Gasteiger charge is -2.23. The largest absolute Gasteiger partial charge is 0.353 e. The van der Waals surface area contributed by atoms with Crippen molar-refractivity contribution in [1.29, 1.82) is 0 Å². The molecule has 0 aromatic heterocycles. The minimum Gasteiger partial charge on any atom is -0.353 e. The van der Waals surface area contributed by atoms with Gasteiger partial charge in [0.2, 0.25) is 5.91 Å². The Hall–Kier alpha value is 0.0700. The van der Waals surface area contributed by atoms with E-state index in [-0.39, 0.29) is 18.3 Å². The maximum Gasteiger partial charge on any atom is 0.220 e. The molecular weight excluding hydrogens is 244 g/mol. The van der Waals surface area contributed by atoms with Crippen LogP contribution in [-0.2, 0) is 4.79 Å². The zero-order chi connectivity index (χ0) is 10.5. The summed E-state index contributed by atoms with van der Waals surface area (Å²) in [5, 5.41) is 6.46. The van der Waals surface area contributed by atoms with Crippen LogP contribution in [0.4, 0.5) is 0 Å². The van der Waals surface area contributed by atoms with Crippen LogP contribution in [0, 0.1) is 5.92 Å². The van der Waals surface area contributed by atoms with E-state index >= 15 is 0 Å². The summed E-state index contributed by atoms with van der Waals surface area (Å²) in [6.45, 7) is 2.10. The lowest BCUT2D eigenvalue weighted by molar-refractivity contribution is -0.122. The van der Waals surface area contributed by atoms with Gasteiger partial charge in [-0.2, -0.15) is 11.8 Å². The number of hydrogen-bond acceptors (Lipinski definition) is 3. The van der Waals surface area contributed by atoms with Gasteiger partial charge in [0, 0.05) is 12.5 Å². The molecule has 0 spiro atoms. The molecule has 1 unspecified atom stereocenters. The number of carbonyl (C=O) groups is 1. The predicted octanol–water partition coefficient (Wildman–Crippen LogP) is 1.42. The maximum absolute atomic E-state index is 11.7. The summed E-state index contributed by atoms with van der Waals surface area (Å²) in [4.78, 5) is 11.7. The number of halogens is 1. The van der Waals surface area contributed by atoms with E-state index in [9.17, 15) is 4.79 Å². The molecule has 0 aliphatic carbocycles. The number of thioether (sulfide) groups is 1. The van der Waals surface area contributed by atoms with Crippen molar-refractivity contribution in [2.24, 2.45) is 5.92 Å². The van der Waals surface area contributed by atoms with Gasteiger partial charge in [0.15, 0.2) is 0 Å². The third-order valence-electron chi connectivity index (χ3n) is 3.22. The van der Waals surface area contributed by atoms with Crippen LogP contribution in [0.3, 0.4) is 0 Å². The number of amides is 1. The highest BCUT2D eigenvalue weighted by Crippen LogP contribution is 2.18.